The lowest BCUT2D eigenvalue weighted by Gasteiger charge is -2.26. The van der Waals surface area contributed by atoms with Gasteiger partial charge in [0.05, 0.1) is 0 Å². The van der Waals surface area contributed by atoms with Crippen LogP contribution in [0.3, 0.4) is 0 Å². The summed E-state index contributed by atoms with van der Waals surface area (Å²) in [4.78, 5) is 19.1. The molecule has 1 fully saturated rings. The Morgan fingerprint density at radius 3 is 3.00 bits per heavy atom. The zero-order valence-electron chi connectivity index (χ0n) is 11.6. The van der Waals surface area contributed by atoms with Crippen LogP contribution in [0.4, 0.5) is 10.9 Å². The van der Waals surface area contributed by atoms with Crippen molar-refractivity contribution in [3.63, 3.8) is 0 Å². The molecule has 1 saturated heterocycles. The second kappa shape index (κ2) is 7.70. The molecular formula is C12H21N5OS2. The van der Waals surface area contributed by atoms with Crippen molar-refractivity contribution in [3.05, 3.63) is 4.88 Å². The summed E-state index contributed by atoms with van der Waals surface area (Å²) in [7, 11) is 0. The van der Waals surface area contributed by atoms with Gasteiger partial charge in [-0.05, 0) is 18.4 Å². The van der Waals surface area contributed by atoms with E-state index in [9.17, 15) is 4.79 Å². The Kier molecular flexibility index (Phi) is 5.93. The average molecular weight is 315 g/mol. The quantitative estimate of drug-likeness (QED) is 0.668. The Morgan fingerprint density at radius 1 is 1.55 bits per heavy atom. The molecule has 1 aromatic rings. The van der Waals surface area contributed by atoms with Crippen molar-refractivity contribution in [1.82, 2.24) is 15.6 Å². The molecule has 0 aromatic carbocycles. The maximum Gasteiger partial charge on any atom is 0.265 e. The predicted molar refractivity (Wildman–Crippen MR) is 86.9 cm³/mol. The Balaban J connectivity index is 1.94. The summed E-state index contributed by atoms with van der Waals surface area (Å²) in [6.07, 6.45) is 3.03. The molecule has 1 aliphatic heterocycles. The lowest BCUT2D eigenvalue weighted by atomic mass is 10.4. The van der Waals surface area contributed by atoms with E-state index in [0.29, 0.717) is 17.2 Å². The molecule has 2 heterocycles. The fourth-order valence-corrected chi connectivity index (χ4v) is 3.36. The van der Waals surface area contributed by atoms with Crippen LogP contribution in [0.5, 0.6) is 0 Å². The third-order valence-corrected chi connectivity index (χ3v) is 4.87. The fraction of sp³-hybridized carbons (Fsp3) is 0.667. The van der Waals surface area contributed by atoms with Crippen LogP contribution in [0.2, 0.25) is 0 Å². The van der Waals surface area contributed by atoms with Gasteiger partial charge < -0.3 is 21.3 Å². The van der Waals surface area contributed by atoms with Crippen LogP contribution in [-0.4, -0.2) is 55.6 Å². The molecule has 1 aliphatic rings. The predicted octanol–water partition coefficient (Wildman–Crippen LogP) is 0.618. The first kappa shape index (κ1) is 15.4. The molecule has 1 aromatic heterocycles. The Bertz CT molecular complexity index is 445. The van der Waals surface area contributed by atoms with Crippen molar-refractivity contribution in [1.29, 1.82) is 0 Å². The van der Waals surface area contributed by atoms with Gasteiger partial charge in [-0.25, -0.2) is 4.98 Å². The lowest BCUT2D eigenvalue weighted by molar-refractivity contribution is 0.0958. The molecule has 0 unspecified atom stereocenters. The monoisotopic (exact) mass is 315 g/mol. The van der Waals surface area contributed by atoms with Gasteiger partial charge in [-0.1, -0.05) is 11.3 Å². The van der Waals surface area contributed by atoms with E-state index in [1.54, 1.807) is 11.8 Å². The van der Waals surface area contributed by atoms with E-state index in [4.69, 9.17) is 5.73 Å². The van der Waals surface area contributed by atoms with Gasteiger partial charge in [-0.15, -0.1) is 0 Å². The number of amides is 1. The molecule has 0 atom stereocenters. The number of thiazole rings is 1. The molecule has 0 radical (unpaired) electrons. The summed E-state index contributed by atoms with van der Waals surface area (Å²) < 4.78 is 0. The molecule has 20 heavy (non-hydrogen) atoms. The molecule has 4 N–H and O–H groups in total. The molecule has 112 valence electrons. The summed E-state index contributed by atoms with van der Waals surface area (Å²) >= 11 is 3.16. The van der Waals surface area contributed by atoms with Crippen molar-refractivity contribution < 1.29 is 4.79 Å². The highest BCUT2D eigenvalue weighted by Gasteiger charge is 2.20. The minimum absolute atomic E-state index is 0.109. The summed E-state index contributed by atoms with van der Waals surface area (Å²) in [6.45, 7) is 4.37. The van der Waals surface area contributed by atoms with E-state index in [2.05, 4.69) is 26.8 Å². The Hall–Kier alpha value is -0.990. The highest BCUT2D eigenvalue weighted by atomic mass is 32.2. The molecular weight excluding hydrogens is 294 g/mol. The zero-order valence-corrected chi connectivity index (χ0v) is 13.3. The van der Waals surface area contributed by atoms with Gasteiger partial charge in [-0.2, -0.15) is 11.8 Å². The number of rotatable bonds is 6. The van der Waals surface area contributed by atoms with Gasteiger partial charge in [-0.3, -0.25) is 4.79 Å². The third-order valence-electron chi connectivity index (χ3n) is 3.05. The zero-order chi connectivity index (χ0) is 14.4. The number of nitrogen functional groups attached to an aromatic ring is 1. The smallest absolute Gasteiger partial charge is 0.265 e. The number of thioether (sulfide) groups is 1. The average Bonchev–Trinajstić information content (AvgIpc) is 2.86. The number of carbonyl (C=O) groups is 1. The van der Waals surface area contributed by atoms with Gasteiger partial charge >= 0.3 is 0 Å². The first-order valence-electron chi connectivity index (χ1n) is 6.71. The van der Waals surface area contributed by atoms with Crippen molar-refractivity contribution in [3.8, 4) is 0 Å². The summed E-state index contributed by atoms with van der Waals surface area (Å²) in [5.74, 6) is 1.28. The van der Waals surface area contributed by atoms with Gasteiger partial charge in [0.2, 0.25) is 0 Å². The minimum Gasteiger partial charge on any atom is -0.382 e. The normalized spacial score (nSPS) is 15.3. The van der Waals surface area contributed by atoms with Crippen molar-refractivity contribution in [2.75, 3.05) is 55.4 Å². The van der Waals surface area contributed by atoms with Crippen LogP contribution in [0.25, 0.3) is 0 Å². The third kappa shape index (κ3) is 4.00. The standard InChI is InChI=1S/C12H21N5OS2/c1-19-8-2-3-15-11(18)9-10(13)16-12(20-9)17-6-4-14-5-7-17/h14H,2-8,13H2,1H3,(H,15,18). The molecule has 6 nitrogen and oxygen atoms in total. The van der Waals surface area contributed by atoms with Crippen LogP contribution in [-0.2, 0) is 0 Å². The van der Waals surface area contributed by atoms with E-state index >= 15 is 0 Å². The maximum absolute atomic E-state index is 12.1. The molecule has 0 aliphatic carbocycles. The summed E-state index contributed by atoms with van der Waals surface area (Å²) in [6, 6.07) is 0. The molecule has 1 amide bonds. The molecule has 8 heteroatoms. The van der Waals surface area contributed by atoms with Crippen LogP contribution < -0.4 is 21.3 Å². The van der Waals surface area contributed by atoms with E-state index in [1.807, 2.05) is 0 Å². The number of hydrogen-bond acceptors (Lipinski definition) is 7. The highest BCUT2D eigenvalue weighted by Crippen LogP contribution is 2.28. The maximum atomic E-state index is 12.1. The number of carbonyl (C=O) groups excluding carboxylic acids is 1. The van der Waals surface area contributed by atoms with Crippen LogP contribution in [0.1, 0.15) is 16.1 Å². The van der Waals surface area contributed by atoms with E-state index < -0.39 is 0 Å². The van der Waals surface area contributed by atoms with Gasteiger partial charge in [0.1, 0.15) is 10.7 Å². The topological polar surface area (TPSA) is 83.3 Å². The number of aromatic nitrogens is 1. The number of hydrogen-bond donors (Lipinski definition) is 3. The van der Waals surface area contributed by atoms with Crippen molar-refractivity contribution in [2.24, 2.45) is 0 Å². The van der Waals surface area contributed by atoms with Crippen LogP contribution in [0.15, 0.2) is 0 Å². The summed E-state index contributed by atoms with van der Waals surface area (Å²) in [5.41, 5.74) is 5.87. The number of anilines is 2. The summed E-state index contributed by atoms with van der Waals surface area (Å²) in [5, 5.41) is 7.03. The molecule has 0 spiro atoms. The number of nitrogens with one attached hydrogen (secondary N) is 2. The van der Waals surface area contributed by atoms with Gasteiger partial charge in [0.15, 0.2) is 5.13 Å². The van der Waals surface area contributed by atoms with Crippen molar-refractivity contribution in [2.45, 2.75) is 6.42 Å². The largest absolute Gasteiger partial charge is 0.382 e. The molecule has 0 bridgehead atoms. The van der Waals surface area contributed by atoms with Gasteiger partial charge in [0, 0.05) is 32.7 Å². The Morgan fingerprint density at radius 2 is 2.30 bits per heavy atom. The fourth-order valence-electron chi connectivity index (χ4n) is 1.97. The van der Waals surface area contributed by atoms with Crippen LogP contribution in [0, 0.1) is 0 Å². The van der Waals surface area contributed by atoms with E-state index in [1.165, 1.54) is 11.3 Å². The van der Waals surface area contributed by atoms with Gasteiger partial charge in [0.25, 0.3) is 5.91 Å². The van der Waals surface area contributed by atoms with E-state index in [0.717, 1.165) is 43.5 Å². The second-order valence-electron chi connectivity index (χ2n) is 4.55. The van der Waals surface area contributed by atoms with Crippen molar-refractivity contribution >= 4 is 40.0 Å². The van der Waals surface area contributed by atoms with Crippen LogP contribution >= 0.6 is 23.1 Å². The van der Waals surface area contributed by atoms with E-state index in [-0.39, 0.29) is 5.91 Å². The molecule has 0 saturated carbocycles. The minimum atomic E-state index is -0.109. The first-order valence-corrected chi connectivity index (χ1v) is 8.92. The second-order valence-corrected chi connectivity index (χ2v) is 6.51. The first-order chi connectivity index (χ1) is 9.72. The lowest BCUT2D eigenvalue weighted by Crippen LogP contribution is -2.43. The number of nitrogens with zero attached hydrogens (tertiary/aromatic N) is 2. The number of piperazine rings is 1. The highest BCUT2D eigenvalue weighted by molar-refractivity contribution is 7.98. The Labute approximate surface area is 127 Å². The number of nitrogens with two attached hydrogens (primary N) is 1. The SMILES string of the molecule is CSCCCNC(=O)c1sc(N2CCNCC2)nc1N. The molecule has 2 rings (SSSR count).